The number of hydrogen-bond acceptors (Lipinski definition) is 5. The summed E-state index contributed by atoms with van der Waals surface area (Å²) in [4.78, 5) is 13.2. The molecule has 1 heterocycles. The minimum Gasteiger partial charge on any atom is -0.452 e. The summed E-state index contributed by atoms with van der Waals surface area (Å²) in [6, 6.07) is 20.1. The Morgan fingerprint density at radius 3 is 2.17 bits per heavy atom. The van der Waals surface area contributed by atoms with E-state index in [2.05, 4.69) is 0 Å². The van der Waals surface area contributed by atoms with Crippen molar-refractivity contribution in [1.82, 2.24) is 0 Å². The van der Waals surface area contributed by atoms with Gasteiger partial charge in [-0.2, -0.15) is 8.42 Å². The summed E-state index contributed by atoms with van der Waals surface area (Å²) in [5.41, 5.74) is 2.25. The quantitative estimate of drug-likeness (QED) is 0.453. The van der Waals surface area contributed by atoms with Crippen LogP contribution in [0.15, 0.2) is 86.9 Å². The highest BCUT2D eigenvalue weighted by Gasteiger charge is 2.25. The fourth-order valence-corrected chi connectivity index (χ4v) is 3.97. The minimum absolute atomic E-state index is 0.0430. The molecule has 4 aromatic rings. The number of benzene rings is 3. The van der Waals surface area contributed by atoms with Crippen LogP contribution < -0.4 is 9.61 Å². The molecule has 0 amide bonds. The first-order chi connectivity index (χ1) is 13.8. The van der Waals surface area contributed by atoms with Crippen LogP contribution in [-0.4, -0.2) is 8.42 Å². The Morgan fingerprint density at radius 1 is 0.828 bits per heavy atom. The maximum Gasteiger partial charge on any atom is 0.339 e. The van der Waals surface area contributed by atoms with Gasteiger partial charge in [-0.3, -0.25) is 4.79 Å². The van der Waals surface area contributed by atoms with E-state index in [4.69, 9.17) is 8.60 Å². The molecular formula is C23H18O5S. The zero-order valence-electron chi connectivity index (χ0n) is 15.9. The zero-order valence-corrected chi connectivity index (χ0v) is 16.7. The summed E-state index contributed by atoms with van der Waals surface area (Å²) in [5, 5.41) is 0.263. The fraction of sp³-hybridized carbons (Fsp3) is 0.0870. The third-order valence-corrected chi connectivity index (χ3v) is 5.78. The van der Waals surface area contributed by atoms with Gasteiger partial charge in [-0.05, 0) is 38.1 Å². The summed E-state index contributed by atoms with van der Waals surface area (Å²) in [6.07, 6.45) is 0. The van der Waals surface area contributed by atoms with Gasteiger partial charge in [0.1, 0.15) is 10.5 Å². The minimum atomic E-state index is -4.21. The van der Waals surface area contributed by atoms with Crippen molar-refractivity contribution < 1.29 is 17.0 Å². The van der Waals surface area contributed by atoms with Crippen LogP contribution in [-0.2, 0) is 10.1 Å². The second-order valence-corrected chi connectivity index (χ2v) is 8.35. The third kappa shape index (κ3) is 3.67. The molecule has 1 aromatic heterocycles. The molecule has 0 unspecified atom stereocenters. The lowest BCUT2D eigenvalue weighted by Crippen LogP contribution is -2.17. The Bertz CT molecular complexity index is 1350. The van der Waals surface area contributed by atoms with E-state index in [0.717, 1.165) is 11.1 Å². The molecule has 3 aromatic carbocycles. The highest BCUT2D eigenvalue weighted by atomic mass is 32.2. The van der Waals surface area contributed by atoms with E-state index < -0.39 is 15.5 Å². The normalized spacial score (nSPS) is 11.5. The molecule has 0 bridgehead atoms. The van der Waals surface area contributed by atoms with E-state index in [1.807, 2.05) is 32.0 Å². The third-order valence-electron chi connectivity index (χ3n) is 4.54. The van der Waals surface area contributed by atoms with Crippen molar-refractivity contribution in [3.05, 3.63) is 94.1 Å². The lowest BCUT2D eigenvalue weighted by atomic mass is 10.1. The molecule has 146 valence electrons. The van der Waals surface area contributed by atoms with Crippen molar-refractivity contribution in [3.63, 3.8) is 0 Å². The molecule has 0 fully saturated rings. The van der Waals surface area contributed by atoms with Crippen LogP contribution in [0.5, 0.6) is 5.75 Å². The molecule has 0 aliphatic carbocycles. The van der Waals surface area contributed by atoms with Crippen LogP contribution >= 0.6 is 0 Å². The summed E-state index contributed by atoms with van der Waals surface area (Å²) < 4.78 is 36.9. The molecule has 0 N–H and O–H groups in total. The standard InChI is InChI=1S/C23H18O5S/c1-15-8-11-17(12-9-15)22-23(28-29(25,26)18-6-4-3-5-7-18)21(24)19-14-16(2)10-13-20(19)27-22/h3-14H,1-2H3. The summed E-state index contributed by atoms with van der Waals surface area (Å²) in [5.74, 6) is -0.276. The summed E-state index contributed by atoms with van der Waals surface area (Å²) >= 11 is 0. The number of hydrogen-bond donors (Lipinski definition) is 0. The van der Waals surface area contributed by atoms with Crippen LogP contribution in [0.25, 0.3) is 22.3 Å². The predicted molar refractivity (Wildman–Crippen MR) is 112 cm³/mol. The number of rotatable bonds is 4. The predicted octanol–water partition coefficient (Wildman–Crippen LogP) is 4.84. The Kier molecular flexibility index (Phi) is 4.72. The maximum atomic E-state index is 13.2. The highest BCUT2D eigenvalue weighted by molar-refractivity contribution is 7.87. The van der Waals surface area contributed by atoms with E-state index in [9.17, 15) is 13.2 Å². The van der Waals surface area contributed by atoms with Gasteiger partial charge < -0.3 is 8.60 Å². The topological polar surface area (TPSA) is 73.6 Å². The van der Waals surface area contributed by atoms with E-state index in [-0.39, 0.29) is 21.8 Å². The van der Waals surface area contributed by atoms with Crippen LogP contribution in [0.1, 0.15) is 11.1 Å². The Hall–Kier alpha value is -3.38. The van der Waals surface area contributed by atoms with E-state index in [1.54, 1.807) is 42.5 Å². The molecule has 0 atom stereocenters. The van der Waals surface area contributed by atoms with Gasteiger partial charge in [0.05, 0.1) is 5.39 Å². The largest absolute Gasteiger partial charge is 0.452 e. The summed E-state index contributed by atoms with van der Waals surface area (Å²) in [6.45, 7) is 3.77. The fourth-order valence-electron chi connectivity index (χ4n) is 3.01. The lowest BCUT2D eigenvalue weighted by molar-refractivity contribution is 0.472. The monoisotopic (exact) mass is 406 g/mol. The maximum absolute atomic E-state index is 13.2. The van der Waals surface area contributed by atoms with Crippen LogP contribution in [0.4, 0.5) is 0 Å². The van der Waals surface area contributed by atoms with E-state index in [0.29, 0.717) is 11.1 Å². The van der Waals surface area contributed by atoms with Gasteiger partial charge in [-0.25, -0.2) is 0 Å². The number of fused-ring (bicyclic) bond motifs is 1. The van der Waals surface area contributed by atoms with Crippen molar-refractivity contribution >= 4 is 21.1 Å². The highest BCUT2D eigenvalue weighted by Crippen LogP contribution is 2.33. The lowest BCUT2D eigenvalue weighted by Gasteiger charge is -2.12. The van der Waals surface area contributed by atoms with Crippen molar-refractivity contribution in [2.24, 2.45) is 0 Å². The first kappa shape index (κ1) is 19.0. The second kappa shape index (κ2) is 7.22. The van der Waals surface area contributed by atoms with Crippen LogP contribution in [0.2, 0.25) is 0 Å². The molecule has 29 heavy (non-hydrogen) atoms. The van der Waals surface area contributed by atoms with Gasteiger partial charge in [0.25, 0.3) is 0 Å². The average Bonchev–Trinajstić information content (AvgIpc) is 2.72. The van der Waals surface area contributed by atoms with Crippen molar-refractivity contribution in [2.75, 3.05) is 0 Å². The van der Waals surface area contributed by atoms with Crippen molar-refractivity contribution in [2.45, 2.75) is 18.7 Å². The Labute approximate surface area is 168 Å². The summed E-state index contributed by atoms with van der Waals surface area (Å²) in [7, 11) is -4.21. The van der Waals surface area contributed by atoms with Gasteiger partial charge >= 0.3 is 10.1 Å². The van der Waals surface area contributed by atoms with Gasteiger partial charge in [-0.1, -0.05) is 59.7 Å². The molecule has 0 aliphatic heterocycles. The first-order valence-electron chi connectivity index (χ1n) is 8.99. The number of aryl methyl sites for hydroxylation is 2. The zero-order chi connectivity index (χ0) is 20.6. The van der Waals surface area contributed by atoms with Crippen LogP contribution in [0, 0.1) is 13.8 Å². The molecule has 5 nitrogen and oxygen atoms in total. The molecule has 0 spiro atoms. The molecular weight excluding hydrogens is 388 g/mol. The van der Waals surface area contributed by atoms with Crippen molar-refractivity contribution in [3.8, 4) is 17.1 Å². The van der Waals surface area contributed by atoms with E-state index >= 15 is 0 Å². The SMILES string of the molecule is Cc1ccc(-c2oc3ccc(C)cc3c(=O)c2OS(=O)(=O)c2ccccc2)cc1. The Morgan fingerprint density at radius 2 is 1.48 bits per heavy atom. The molecule has 6 heteroatoms. The molecule has 0 saturated heterocycles. The van der Waals surface area contributed by atoms with E-state index in [1.165, 1.54) is 12.1 Å². The molecule has 0 saturated carbocycles. The molecule has 0 aliphatic rings. The van der Waals surface area contributed by atoms with Gasteiger partial charge in [0, 0.05) is 5.56 Å². The smallest absolute Gasteiger partial charge is 0.339 e. The van der Waals surface area contributed by atoms with Crippen molar-refractivity contribution in [1.29, 1.82) is 0 Å². The molecule has 4 rings (SSSR count). The Balaban J connectivity index is 1.97. The van der Waals surface area contributed by atoms with Crippen LogP contribution in [0.3, 0.4) is 0 Å². The van der Waals surface area contributed by atoms with Gasteiger partial charge in [0.2, 0.25) is 11.2 Å². The second-order valence-electron chi connectivity index (χ2n) is 6.81. The first-order valence-corrected chi connectivity index (χ1v) is 10.4. The van der Waals surface area contributed by atoms with Gasteiger partial charge in [-0.15, -0.1) is 0 Å². The van der Waals surface area contributed by atoms with Gasteiger partial charge in [0.15, 0.2) is 5.76 Å². The average molecular weight is 406 g/mol. The molecule has 0 radical (unpaired) electrons.